The second-order valence-electron chi connectivity index (χ2n) is 9.76. The molecule has 0 saturated carbocycles. The number of nitrogens with zero attached hydrogens (tertiary/aromatic N) is 2. The number of aromatic nitrogens is 2. The highest BCUT2D eigenvalue weighted by Crippen LogP contribution is 2.18. The highest BCUT2D eigenvalue weighted by atomic mass is 16.6. The maximum atomic E-state index is 12.7. The Morgan fingerprint density at radius 1 is 1.06 bits per heavy atom. The van der Waals surface area contributed by atoms with Crippen molar-refractivity contribution in [3.8, 4) is 0 Å². The fraction of sp³-hybridized carbons (Fsp3) is 0.583. The molecule has 0 spiro atoms. The number of fused-ring (bicyclic) bond motifs is 1. The fourth-order valence-electron chi connectivity index (χ4n) is 3.09. The van der Waals surface area contributed by atoms with Crippen molar-refractivity contribution < 1.29 is 28.6 Å². The summed E-state index contributed by atoms with van der Waals surface area (Å²) in [6, 6.07) is 4.50. The van der Waals surface area contributed by atoms with Gasteiger partial charge in [-0.25, -0.2) is 14.6 Å². The van der Waals surface area contributed by atoms with Crippen LogP contribution in [0.1, 0.15) is 66.4 Å². The van der Waals surface area contributed by atoms with E-state index >= 15 is 0 Å². The number of carbonyl (C=O) groups is 3. The molecule has 0 aromatic carbocycles. The summed E-state index contributed by atoms with van der Waals surface area (Å²) in [4.78, 5) is 42.0. The fourth-order valence-corrected chi connectivity index (χ4v) is 3.09. The molecule has 1 atom stereocenters. The molecule has 9 heteroatoms. The smallest absolute Gasteiger partial charge is 0.408 e. The lowest BCUT2D eigenvalue weighted by Crippen LogP contribution is -2.45. The summed E-state index contributed by atoms with van der Waals surface area (Å²) < 4.78 is 17.8. The molecule has 0 saturated heterocycles. The number of carbonyl (C=O) groups excluding carboxylic acids is 3. The first kappa shape index (κ1) is 26.2. The topological polar surface area (TPSA) is 108 Å². The Kier molecular flexibility index (Phi) is 8.46. The Morgan fingerprint density at radius 2 is 1.73 bits per heavy atom. The molecule has 2 heterocycles. The Labute approximate surface area is 194 Å². The first-order chi connectivity index (χ1) is 15.3. The lowest BCUT2D eigenvalue weighted by molar-refractivity contribution is -0.154. The number of amides is 1. The molecule has 0 fully saturated rings. The van der Waals surface area contributed by atoms with Crippen LogP contribution in [0.5, 0.6) is 0 Å². The normalized spacial score (nSPS) is 12.8. The van der Waals surface area contributed by atoms with Gasteiger partial charge in [0.15, 0.2) is 0 Å². The average Bonchev–Trinajstić information content (AvgIpc) is 3.00. The second-order valence-corrected chi connectivity index (χ2v) is 9.76. The van der Waals surface area contributed by atoms with E-state index in [4.69, 9.17) is 14.2 Å². The number of nitrogens with one attached hydrogen (secondary N) is 1. The van der Waals surface area contributed by atoms with Crippen molar-refractivity contribution in [3.05, 3.63) is 35.9 Å². The monoisotopic (exact) mass is 461 g/mol. The standard InChI is InChI=1S/C24H35N3O6/c1-8-13-31-21(29)17(26-22(30)33-24(5,6)7)14-16-18-11-9-10-12-27(18)19(25-16)15-20(28)32-23(2,3)4/h9-12,17H,8,13-15H2,1-7H3,(H,26,30)/t17-/m0/s1. The third-order valence-electron chi connectivity index (χ3n) is 4.24. The van der Waals surface area contributed by atoms with Crippen LogP contribution in [0, 0.1) is 0 Å². The molecule has 2 aromatic rings. The molecule has 0 radical (unpaired) electrons. The van der Waals surface area contributed by atoms with Gasteiger partial charge >= 0.3 is 18.0 Å². The van der Waals surface area contributed by atoms with Crippen molar-refractivity contribution in [2.24, 2.45) is 0 Å². The number of ether oxygens (including phenoxy) is 3. The summed E-state index contributed by atoms with van der Waals surface area (Å²) in [5.41, 5.74) is -0.0683. The van der Waals surface area contributed by atoms with Crippen molar-refractivity contribution in [1.29, 1.82) is 0 Å². The molecular formula is C24H35N3O6. The molecule has 0 bridgehead atoms. The van der Waals surface area contributed by atoms with Crippen LogP contribution < -0.4 is 5.32 Å². The summed E-state index contributed by atoms with van der Waals surface area (Å²) in [7, 11) is 0. The Bertz CT molecular complexity index is 984. The second kappa shape index (κ2) is 10.7. The van der Waals surface area contributed by atoms with E-state index in [2.05, 4.69) is 10.3 Å². The predicted octanol–water partition coefficient (Wildman–Crippen LogP) is 3.61. The molecule has 9 nitrogen and oxygen atoms in total. The largest absolute Gasteiger partial charge is 0.464 e. The summed E-state index contributed by atoms with van der Waals surface area (Å²) in [6.45, 7) is 12.7. The van der Waals surface area contributed by atoms with Gasteiger partial charge in [-0.1, -0.05) is 13.0 Å². The number of hydrogen-bond donors (Lipinski definition) is 1. The number of rotatable bonds is 8. The summed E-state index contributed by atoms with van der Waals surface area (Å²) in [5.74, 6) is -0.503. The van der Waals surface area contributed by atoms with Gasteiger partial charge in [-0.2, -0.15) is 0 Å². The molecule has 2 rings (SSSR count). The van der Waals surface area contributed by atoms with E-state index < -0.39 is 35.3 Å². The van der Waals surface area contributed by atoms with Gasteiger partial charge in [-0.05, 0) is 60.1 Å². The van der Waals surface area contributed by atoms with Crippen LogP contribution in [0.2, 0.25) is 0 Å². The highest BCUT2D eigenvalue weighted by Gasteiger charge is 2.28. The minimum atomic E-state index is -1.00. The van der Waals surface area contributed by atoms with Gasteiger partial charge in [0.25, 0.3) is 0 Å². The van der Waals surface area contributed by atoms with Crippen LogP contribution in [0.25, 0.3) is 5.52 Å². The zero-order valence-electron chi connectivity index (χ0n) is 20.6. The molecule has 1 N–H and O–H groups in total. The minimum absolute atomic E-state index is 0.0348. The van der Waals surface area contributed by atoms with Crippen molar-refractivity contribution in [3.63, 3.8) is 0 Å². The van der Waals surface area contributed by atoms with E-state index in [1.807, 2.05) is 25.1 Å². The van der Waals surface area contributed by atoms with Gasteiger partial charge in [-0.15, -0.1) is 0 Å². The highest BCUT2D eigenvalue weighted by molar-refractivity contribution is 5.82. The van der Waals surface area contributed by atoms with Crippen molar-refractivity contribution in [2.45, 2.75) is 85.0 Å². The molecule has 0 aliphatic heterocycles. The van der Waals surface area contributed by atoms with Gasteiger partial charge in [-0.3, -0.25) is 4.79 Å². The first-order valence-corrected chi connectivity index (χ1v) is 11.1. The number of alkyl carbamates (subject to hydrolysis) is 1. The third kappa shape index (κ3) is 8.40. The van der Waals surface area contributed by atoms with Gasteiger partial charge in [0, 0.05) is 12.6 Å². The van der Waals surface area contributed by atoms with Crippen molar-refractivity contribution in [2.75, 3.05) is 6.61 Å². The minimum Gasteiger partial charge on any atom is -0.464 e. The molecule has 33 heavy (non-hydrogen) atoms. The molecular weight excluding hydrogens is 426 g/mol. The predicted molar refractivity (Wildman–Crippen MR) is 123 cm³/mol. The van der Waals surface area contributed by atoms with Gasteiger partial charge in [0.05, 0.1) is 17.8 Å². The van der Waals surface area contributed by atoms with E-state index in [0.29, 0.717) is 17.9 Å². The maximum Gasteiger partial charge on any atom is 0.408 e. The van der Waals surface area contributed by atoms with E-state index in [9.17, 15) is 14.4 Å². The molecule has 0 aliphatic carbocycles. The number of imidazole rings is 1. The summed E-state index contributed by atoms with van der Waals surface area (Å²) in [6.07, 6.45) is 1.75. The van der Waals surface area contributed by atoms with Crippen molar-refractivity contribution >= 4 is 23.5 Å². The van der Waals surface area contributed by atoms with E-state index in [1.165, 1.54) is 0 Å². The lowest BCUT2D eigenvalue weighted by atomic mass is 10.1. The van der Waals surface area contributed by atoms with E-state index in [-0.39, 0.29) is 19.4 Å². The van der Waals surface area contributed by atoms with Crippen LogP contribution >= 0.6 is 0 Å². The SMILES string of the molecule is CCCOC(=O)[C@H](Cc1nc(CC(=O)OC(C)(C)C)n2ccccc12)NC(=O)OC(C)(C)C. The molecule has 0 unspecified atom stereocenters. The Morgan fingerprint density at radius 3 is 2.33 bits per heavy atom. The molecule has 182 valence electrons. The lowest BCUT2D eigenvalue weighted by Gasteiger charge is -2.22. The first-order valence-electron chi connectivity index (χ1n) is 11.1. The average molecular weight is 462 g/mol. The summed E-state index contributed by atoms with van der Waals surface area (Å²) >= 11 is 0. The number of esters is 2. The van der Waals surface area contributed by atoms with E-state index in [0.717, 1.165) is 5.52 Å². The Balaban J connectivity index is 2.31. The van der Waals surface area contributed by atoms with Crippen molar-refractivity contribution in [1.82, 2.24) is 14.7 Å². The quantitative estimate of drug-likeness (QED) is 0.472. The zero-order valence-corrected chi connectivity index (χ0v) is 20.6. The van der Waals surface area contributed by atoms with Crippen LogP contribution in [-0.2, 0) is 36.6 Å². The van der Waals surface area contributed by atoms with E-state index in [1.54, 1.807) is 52.1 Å². The van der Waals surface area contributed by atoms with Crippen LogP contribution in [0.3, 0.4) is 0 Å². The summed E-state index contributed by atoms with van der Waals surface area (Å²) in [5, 5.41) is 2.60. The van der Waals surface area contributed by atoms with Gasteiger partial charge < -0.3 is 23.9 Å². The van der Waals surface area contributed by atoms with Gasteiger partial charge in [0.2, 0.25) is 0 Å². The van der Waals surface area contributed by atoms with Gasteiger partial charge in [0.1, 0.15) is 29.5 Å². The van der Waals surface area contributed by atoms with Crippen LogP contribution in [0.4, 0.5) is 4.79 Å². The molecule has 0 aliphatic rings. The number of pyridine rings is 1. The molecule has 1 amide bonds. The third-order valence-corrected chi connectivity index (χ3v) is 4.24. The van der Waals surface area contributed by atoms with Crippen LogP contribution in [-0.4, -0.2) is 51.3 Å². The molecule has 2 aromatic heterocycles. The number of hydrogen-bond acceptors (Lipinski definition) is 7. The maximum absolute atomic E-state index is 12.7. The van der Waals surface area contributed by atoms with Crippen LogP contribution in [0.15, 0.2) is 24.4 Å². The zero-order chi connectivity index (χ0) is 24.8. The Hall–Kier alpha value is -3.10.